The molecule has 0 unspecified atom stereocenters. The Morgan fingerprint density at radius 1 is 0.941 bits per heavy atom. The average molecular weight is 239 g/mol. The first kappa shape index (κ1) is 13.3. The van der Waals surface area contributed by atoms with E-state index >= 15 is 0 Å². The Morgan fingerprint density at radius 3 is 2.35 bits per heavy atom. The van der Waals surface area contributed by atoms with E-state index in [2.05, 4.69) is 22.2 Å². The van der Waals surface area contributed by atoms with Crippen molar-refractivity contribution in [1.82, 2.24) is 15.1 Å². The number of nitrogens with zero attached hydrogens (tertiary/aromatic N) is 2. The zero-order valence-electron chi connectivity index (χ0n) is 11.5. The summed E-state index contributed by atoms with van der Waals surface area (Å²) in [6.07, 6.45) is 8.44. The molecule has 1 saturated heterocycles. The molecule has 2 rings (SSSR count). The first-order valence-corrected chi connectivity index (χ1v) is 7.49. The standard InChI is InChI=1S/C14H29N3/c1-16-10-12-17(13-11-16)9-5-3-2-4-8-15-14-6-7-14/h14-15H,2-13H2,1H3. The first-order chi connectivity index (χ1) is 8.34. The van der Waals surface area contributed by atoms with Gasteiger partial charge in [-0.05, 0) is 45.8 Å². The van der Waals surface area contributed by atoms with Crippen molar-refractivity contribution < 1.29 is 0 Å². The second-order valence-electron chi connectivity index (χ2n) is 5.79. The van der Waals surface area contributed by atoms with Crippen LogP contribution in [0.4, 0.5) is 0 Å². The summed E-state index contributed by atoms with van der Waals surface area (Å²) in [4.78, 5) is 5.06. The maximum atomic E-state index is 3.59. The maximum absolute atomic E-state index is 3.59. The van der Waals surface area contributed by atoms with Gasteiger partial charge in [-0.2, -0.15) is 0 Å². The molecule has 0 radical (unpaired) electrons. The van der Waals surface area contributed by atoms with E-state index in [1.807, 2.05) is 0 Å². The zero-order valence-corrected chi connectivity index (χ0v) is 11.5. The van der Waals surface area contributed by atoms with E-state index in [-0.39, 0.29) is 0 Å². The fraction of sp³-hybridized carbons (Fsp3) is 1.00. The molecule has 1 saturated carbocycles. The molecule has 100 valence electrons. The monoisotopic (exact) mass is 239 g/mol. The third-order valence-electron chi connectivity index (χ3n) is 4.01. The van der Waals surface area contributed by atoms with Gasteiger partial charge in [0.25, 0.3) is 0 Å². The molecule has 0 spiro atoms. The Bertz CT molecular complexity index is 196. The van der Waals surface area contributed by atoms with Crippen LogP contribution in [0.1, 0.15) is 38.5 Å². The van der Waals surface area contributed by atoms with Gasteiger partial charge in [-0.15, -0.1) is 0 Å². The lowest BCUT2D eigenvalue weighted by molar-refractivity contribution is 0.152. The molecule has 17 heavy (non-hydrogen) atoms. The van der Waals surface area contributed by atoms with Crippen LogP contribution in [0.2, 0.25) is 0 Å². The smallest absolute Gasteiger partial charge is 0.0110 e. The number of nitrogens with one attached hydrogen (secondary N) is 1. The van der Waals surface area contributed by atoms with Gasteiger partial charge in [-0.3, -0.25) is 0 Å². The molecule has 0 aromatic heterocycles. The van der Waals surface area contributed by atoms with Crippen molar-refractivity contribution in [3.05, 3.63) is 0 Å². The van der Waals surface area contributed by atoms with Crippen molar-refractivity contribution in [3.8, 4) is 0 Å². The normalized spacial score (nSPS) is 23.1. The third-order valence-corrected chi connectivity index (χ3v) is 4.01. The topological polar surface area (TPSA) is 18.5 Å². The lowest BCUT2D eigenvalue weighted by Gasteiger charge is -2.32. The van der Waals surface area contributed by atoms with Crippen LogP contribution in [0.15, 0.2) is 0 Å². The number of hydrogen-bond acceptors (Lipinski definition) is 3. The van der Waals surface area contributed by atoms with Gasteiger partial charge < -0.3 is 15.1 Å². The van der Waals surface area contributed by atoms with Crippen LogP contribution in [0, 0.1) is 0 Å². The largest absolute Gasteiger partial charge is 0.314 e. The van der Waals surface area contributed by atoms with Crippen LogP contribution >= 0.6 is 0 Å². The highest BCUT2D eigenvalue weighted by Gasteiger charge is 2.19. The fourth-order valence-electron chi connectivity index (χ4n) is 2.48. The van der Waals surface area contributed by atoms with Gasteiger partial charge in [-0.1, -0.05) is 12.8 Å². The maximum Gasteiger partial charge on any atom is 0.0110 e. The Labute approximate surface area is 107 Å². The second-order valence-corrected chi connectivity index (χ2v) is 5.79. The number of rotatable bonds is 8. The molecule has 0 aromatic carbocycles. The molecule has 0 bridgehead atoms. The molecular formula is C14H29N3. The highest BCUT2D eigenvalue weighted by Crippen LogP contribution is 2.18. The molecule has 0 atom stereocenters. The molecule has 1 aliphatic carbocycles. The minimum absolute atomic E-state index is 0.889. The number of hydrogen-bond donors (Lipinski definition) is 1. The molecule has 0 aromatic rings. The predicted molar refractivity (Wildman–Crippen MR) is 73.4 cm³/mol. The lowest BCUT2D eigenvalue weighted by Crippen LogP contribution is -2.44. The number of piperazine rings is 1. The van der Waals surface area contributed by atoms with Crippen molar-refractivity contribution in [3.63, 3.8) is 0 Å². The fourth-order valence-corrected chi connectivity index (χ4v) is 2.48. The SMILES string of the molecule is CN1CCN(CCCCCCNC2CC2)CC1. The highest BCUT2D eigenvalue weighted by molar-refractivity contribution is 4.80. The van der Waals surface area contributed by atoms with E-state index in [0.717, 1.165) is 6.04 Å². The van der Waals surface area contributed by atoms with Gasteiger partial charge >= 0.3 is 0 Å². The molecule has 2 aliphatic rings. The lowest BCUT2D eigenvalue weighted by atomic mass is 10.2. The molecular weight excluding hydrogens is 210 g/mol. The Kier molecular flexibility index (Phi) is 5.75. The molecule has 3 nitrogen and oxygen atoms in total. The third kappa shape index (κ3) is 5.84. The Morgan fingerprint density at radius 2 is 1.65 bits per heavy atom. The first-order valence-electron chi connectivity index (χ1n) is 7.49. The Hall–Kier alpha value is -0.120. The van der Waals surface area contributed by atoms with E-state index in [9.17, 15) is 0 Å². The number of likely N-dealkylation sites (N-methyl/N-ethyl adjacent to an activating group) is 1. The molecule has 0 amide bonds. The summed E-state index contributed by atoms with van der Waals surface area (Å²) in [5.41, 5.74) is 0. The summed E-state index contributed by atoms with van der Waals surface area (Å²) in [5, 5.41) is 3.59. The van der Waals surface area contributed by atoms with E-state index in [1.165, 1.54) is 77.8 Å². The summed E-state index contributed by atoms with van der Waals surface area (Å²) < 4.78 is 0. The van der Waals surface area contributed by atoms with Gasteiger partial charge in [0.15, 0.2) is 0 Å². The minimum Gasteiger partial charge on any atom is -0.314 e. The van der Waals surface area contributed by atoms with E-state index in [4.69, 9.17) is 0 Å². The predicted octanol–water partition coefficient (Wildman–Crippen LogP) is 1.55. The van der Waals surface area contributed by atoms with Gasteiger partial charge in [0, 0.05) is 32.2 Å². The van der Waals surface area contributed by atoms with Crippen molar-refractivity contribution in [2.75, 3.05) is 46.3 Å². The number of unbranched alkanes of at least 4 members (excludes halogenated alkanes) is 3. The molecule has 1 heterocycles. The second kappa shape index (κ2) is 7.34. The minimum atomic E-state index is 0.889. The summed E-state index contributed by atoms with van der Waals surface area (Å²) in [6, 6.07) is 0.889. The summed E-state index contributed by atoms with van der Waals surface area (Å²) in [5.74, 6) is 0. The quantitative estimate of drug-likeness (QED) is 0.648. The highest BCUT2D eigenvalue weighted by atomic mass is 15.2. The average Bonchev–Trinajstić information content (AvgIpc) is 3.14. The van der Waals surface area contributed by atoms with Crippen LogP contribution < -0.4 is 5.32 Å². The van der Waals surface area contributed by atoms with Crippen molar-refractivity contribution in [2.45, 2.75) is 44.6 Å². The van der Waals surface area contributed by atoms with Crippen LogP contribution in [-0.4, -0.2) is 62.2 Å². The zero-order chi connectivity index (χ0) is 11.9. The van der Waals surface area contributed by atoms with Crippen LogP contribution in [0.3, 0.4) is 0 Å². The molecule has 2 fully saturated rings. The van der Waals surface area contributed by atoms with Gasteiger partial charge in [0.05, 0.1) is 0 Å². The van der Waals surface area contributed by atoms with Crippen LogP contribution in [0.5, 0.6) is 0 Å². The van der Waals surface area contributed by atoms with Crippen molar-refractivity contribution in [2.24, 2.45) is 0 Å². The summed E-state index contributed by atoms with van der Waals surface area (Å²) >= 11 is 0. The molecule has 1 N–H and O–H groups in total. The van der Waals surface area contributed by atoms with E-state index in [1.54, 1.807) is 0 Å². The van der Waals surface area contributed by atoms with Crippen LogP contribution in [-0.2, 0) is 0 Å². The Balaban J connectivity index is 1.35. The summed E-state index contributed by atoms with van der Waals surface area (Å²) in [6.45, 7) is 7.64. The van der Waals surface area contributed by atoms with E-state index in [0.29, 0.717) is 0 Å². The van der Waals surface area contributed by atoms with Gasteiger partial charge in [0.1, 0.15) is 0 Å². The van der Waals surface area contributed by atoms with Crippen molar-refractivity contribution in [1.29, 1.82) is 0 Å². The molecule has 1 aliphatic heterocycles. The van der Waals surface area contributed by atoms with E-state index < -0.39 is 0 Å². The van der Waals surface area contributed by atoms with Crippen molar-refractivity contribution >= 4 is 0 Å². The summed E-state index contributed by atoms with van der Waals surface area (Å²) in [7, 11) is 2.23. The van der Waals surface area contributed by atoms with Gasteiger partial charge in [0.2, 0.25) is 0 Å². The molecule has 3 heteroatoms. The van der Waals surface area contributed by atoms with Gasteiger partial charge in [-0.25, -0.2) is 0 Å². The van der Waals surface area contributed by atoms with Crippen LogP contribution in [0.25, 0.3) is 0 Å².